The lowest BCUT2D eigenvalue weighted by molar-refractivity contribution is 0.101. The monoisotopic (exact) mass is 304 g/mol. The van der Waals surface area contributed by atoms with Crippen LogP contribution in [-0.4, -0.2) is 23.8 Å². The molecule has 0 unspecified atom stereocenters. The minimum Gasteiger partial charge on any atom is -0.481 e. The van der Waals surface area contributed by atoms with Crippen molar-refractivity contribution in [2.45, 2.75) is 6.92 Å². The largest absolute Gasteiger partial charge is 0.481 e. The molecule has 1 N–H and O–H groups in total. The minimum absolute atomic E-state index is 0.0697. The first kappa shape index (κ1) is 15.0. The van der Waals surface area contributed by atoms with Gasteiger partial charge in [0, 0.05) is 22.9 Å². The number of nitrogens with zero attached hydrogens (tertiary/aromatic N) is 1. The molecule has 0 fully saturated rings. The summed E-state index contributed by atoms with van der Waals surface area (Å²) in [6.45, 7) is 1.47. The number of methoxy groups -OCH3 is 1. The molecule has 21 heavy (non-hydrogen) atoms. The van der Waals surface area contributed by atoms with Gasteiger partial charge < -0.3 is 10.1 Å². The number of amides is 1. The Morgan fingerprint density at radius 2 is 1.95 bits per heavy atom. The number of pyridine rings is 1. The highest BCUT2D eigenvalue weighted by atomic mass is 35.5. The number of benzene rings is 1. The Kier molecular flexibility index (Phi) is 4.55. The van der Waals surface area contributed by atoms with Gasteiger partial charge in [-0.3, -0.25) is 9.59 Å². The van der Waals surface area contributed by atoms with E-state index in [2.05, 4.69) is 10.3 Å². The molecule has 0 bridgehead atoms. The van der Waals surface area contributed by atoms with Crippen LogP contribution in [0.5, 0.6) is 5.88 Å². The van der Waals surface area contributed by atoms with Crippen LogP contribution < -0.4 is 10.1 Å². The summed E-state index contributed by atoms with van der Waals surface area (Å²) in [6, 6.07) is 9.62. The normalized spacial score (nSPS) is 10.0. The first-order chi connectivity index (χ1) is 9.99. The zero-order chi connectivity index (χ0) is 15.4. The number of hydrogen-bond acceptors (Lipinski definition) is 4. The average molecular weight is 305 g/mol. The van der Waals surface area contributed by atoms with Crippen LogP contribution in [0.25, 0.3) is 0 Å². The van der Waals surface area contributed by atoms with E-state index in [1.165, 1.54) is 26.2 Å². The van der Waals surface area contributed by atoms with Gasteiger partial charge in [-0.15, -0.1) is 0 Å². The summed E-state index contributed by atoms with van der Waals surface area (Å²) in [5.41, 5.74) is 1.37. The molecule has 5 nitrogen and oxygen atoms in total. The van der Waals surface area contributed by atoms with Gasteiger partial charge in [0.05, 0.1) is 7.11 Å². The van der Waals surface area contributed by atoms with Crippen molar-refractivity contribution in [3.05, 3.63) is 52.7 Å². The van der Waals surface area contributed by atoms with Crippen molar-refractivity contribution in [2.24, 2.45) is 0 Å². The van der Waals surface area contributed by atoms with Crippen LogP contribution >= 0.6 is 11.6 Å². The Morgan fingerprint density at radius 1 is 1.19 bits per heavy atom. The van der Waals surface area contributed by atoms with E-state index in [1.54, 1.807) is 24.3 Å². The molecule has 2 rings (SSSR count). The summed E-state index contributed by atoms with van der Waals surface area (Å²) in [7, 11) is 1.44. The number of nitrogens with one attached hydrogen (secondary N) is 1. The molecule has 108 valence electrons. The highest BCUT2D eigenvalue weighted by Crippen LogP contribution is 2.18. The van der Waals surface area contributed by atoms with E-state index in [4.69, 9.17) is 16.3 Å². The van der Waals surface area contributed by atoms with Gasteiger partial charge in [-0.1, -0.05) is 23.7 Å². The third-order valence-corrected chi connectivity index (χ3v) is 2.96. The van der Waals surface area contributed by atoms with E-state index in [1.807, 2.05) is 0 Å². The summed E-state index contributed by atoms with van der Waals surface area (Å²) in [5.74, 6) is -0.178. The molecule has 1 heterocycles. The first-order valence-electron chi connectivity index (χ1n) is 6.13. The standard InChI is InChI=1S/C15H13ClN2O3/c1-9(19)10-4-3-5-12(6-10)17-15(20)11-7-13(16)18-14(8-11)21-2/h3-8H,1-2H3,(H,17,20). The third-order valence-electron chi connectivity index (χ3n) is 2.77. The number of hydrogen-bond donors (Lipinski definition) is 1. The summed E-state index contributed by atoms with van der Waals surface area (Å²) in [6.07, 6.45) is 0. The lowest BCUT2D eigenvalue weighted by Crippen LogP contribution is -2.12. The number of anilines is 1. The lowest BCUT2D eigenvalue weighted by Gasteiger charge is -2.08. The molecule has 1 aromatic heterocycles. The predicted octanol–water partition coefficient (Wildman–Crippen LogP) is 3.20. The molecule has 0 radical (unpaired) electrons. The predicted molar refractivity (Wildman–Crippen MR) is 80.2 cm³/mol. The SMILES string of the molecule is COc1cc(C(=O)Nc2cccc(C(C)=O)c2)cc(Cl)n1. The fourth-order valence-electron chi connectivity index (χ4n) is 1.73. The Morgan fingerprint density at radius 3 is 2.62 bits per heavy atom. The number of halogens is 1. The van der Waals surface area contributed by atoms with Crippen molar-refractivity contribution >= 4 is 29.0 Å². The van der Waals surface area contributed by atoms with Gasteiger partial charge in [0.15, 0.2) is 5.78 Å². The number of carbonyl (C=O) groups excluding carboxylic acids is 2. The summed E-state index contributed by atoms with van der Waals surface area (Å²) < 4.78 is 4.97. The Hall–Kier alpha value is -2.40. The molecule has 1 aromatic carbocycles. The zero-order valence-corrected chi connectivity index (χ0v) is 12.3. The van der Waals surface area contributed by atoms with Crippen molar-refractivity contribution < 1.29 is 14.3 Å². The molecule has 0 aliphatic rings. The Bertz CT molecular complexity index is 701. The van der Waals surface area contributed by atoms with Gasteiger partial charge in [-0.2, -0.15) is 0 Å². The van der Waals surface area contributed by atoms with Crippen LogP contribution in [0.3, 0.4) is 0 Å². The zero-order valence-electron chi connectivity index (χ0n) is 11.5. The molecule has 0 aliphatic heterocycles. The molecule has 6 heteroatoms. The second kappa shape index (κ2) is 6.37. The topological polar surface area (TPSA) is 68.3 Å². The van der Waals surface area contributed by atoms with Crippen LogP contribution in [0.4, 0.5) is 5.69 Å². The Labute approximate surface area is 126 Å². The van der Waals surface area contributed by atoms with Gasteiger partial charge in [-0.25, -0.2) is 4.98 Å². The van der Waals surface area contributed by atoms with Gasteiger partial charge in [0.2, 0.25) is 5.88 Å². The molecule has 0 atom stereocenters. The summed E-state index contributed by atoms with van der Waals surface area (Å²) in [5, 5.41) is 2.86. The van der Waals surface area contributed by atoms with E-state index in [0.717, 1.165) is 0 Å². The molecular formula is C15H13ClN2O3. The highest BCUT2D eigenvalue weighted by Gasteiger charge is 2.11. The number of aromatic nitrogens is 1. The lowest BCUT2D eigenvalue weighted by atomic mass is 10.1. The van der Waals surface area contributed by atoms with Crippen molar-refractivity contribution in [3.63, 3.8) is 0 Å². The molecule has 2 aromatic rings. The van der Waals surface area contributed by atoms with Gasteiger partial charge in [0.1, 0.15) is 5.15 Å². The molecule has 1 amide bonds. The molecule has 0 saturated carbocycles. The van der Waals surface area contributed by atoms with Gasteiger partial charge >= 0.3 is 0 Å². The maximum Gasteiger partial charge on any atom is 0.255 e. The number of Topliss-reactive ketones (excluding diaryl/α,β-unsaturated/α-hetero) is 1. The smallest absolute Gasteiger partial charge is 0.255 e. The molecule has 0 spiro atoms. The maximum atomic E-state index is 12.2. The van der Waals surface area contributed by atoms with E-state index >= 15 is 0 Å². The number of carbonyl (C=O) groups is 2. The van der Waals surface area contributed by atoms with E-state index in [0.29, 0.717) is 16.8 Å². The molecule has 0 aliphatic carbocycles. The minimum atomic E-state index is -0.363. The van der Waals surface area contributed by atoms with Crippen LogP contribution in [0.2, 0.25) is 5.15 Å². The van der Waals surface area contributed by atoms with Crippen molar-refractivity contribution in [1.82, 2.24) is 4.98 Å². The maximum absolute atomic E-state index is 12.2. The second-order valence-electron chi connectivity index (χ2n) is 4.31. The number of rotatable bonds is 4. The second-order valence-corrected chi connectivity index (χ2v) is 4.70. The quantitative estimate of drug-likeness (QED) is 0.695. The molecular weight excluding hydrogens is 292 g/mol. The first-order valence-corrected chi connectivity index (χ1v) is 6.51. The van der Waals surface area contributed by atoms with Gasteiger partial charge in [-0.05, 0) is 25.1 Å². The van der Waals surface area contributed by atoms with Crippen LogP contribution in [-0.2, 0) is 0 Å². The van der Waals surface area contributed by atoms with Crippen molar-refractivity contribution in [3.8, 4) is 5.88 Å². The number of ketones is 1. The third kappa shape index (κ3) is 3.79. The molecule has 0 saturated heterocycles. The van der Waals surface area contributed by atoms with Crippen molar-refractivity contribution in [1.29, 1.82) is 0 Å². The van der Waals surface area contributed by atoms with E-state index in [-0.39, 0.29) is 22.7 Å². The van der Waals surface area contributed by atoms with Crippen LogP contribution in [0.1, 0.15) is 27.6 Å². The average Bonchev–Trinajstić information content (AvgIpc) is 2.46. The van der Waals surface area contributed by atoms with Crippen LogP contribution in [0, 0.1) is 0 Å². The highest BCUT2D eigenvalue weighted by molar-refractivity contribution is 6.30. The van der Waals surface area contributed by atoms with Gasteiger partial charge in [0.25, 0.3) is 5.91 Å². The van der Waals surface area contributed by atoms with Crippen LogP contribution in [0.15, 0.2) is 36.4 Å². The summed E-state index contributed by atoms with van der Waals surface area (Å²) in [4.78, 5) is 27.4. The fraction of sp³-hybridized carbons (Fsp3) is 0.133. The van der Waals surface area contributed by atoms with E-state index < -0.39 is 0 Å². The van der Waals surface area contributed by atoms with Crippen molar-refractivity contribution in [2.75, 3.05) is 12.4 Å². The number of ether oxygens (including phenoxy) is 1. The Balaban J connectivity index is 2.23. The summed E-state index contributed by atoms with van der Waals surface area (Å²) >= 11 is 5.83. The fourth-order valence-corrected chi connectivity index (χ4v) is 1.93. The van der Waals surface area contributed by atoms with E-state index in [9.17, 15) is 9.59 Å².